The van der Waals surface area contributed by atoms with Gasteiger partial charge in [0.15, 0.2) is 0 Å². The van der Waals surface area contributed by atoms with Gasteiger partial charge in [0.2, 0.25) is 0 Å². The molecule has 7 nitrogen and oxygen atoms in total. The number of carbonyl (C=O) groups excluding carboxylic acids is 1. The summed E-state index contributed by atoms with van der Waals surface area (Å²) in [5, 5.41) is 14.6. The van der Waals surface area contributed by atoms with Crippen LogP contribution in [-0.2, 0) is 11.2 Å². The van der Waals surface area contributed by atoms with Gasteiger partial charge in [-0.1, -0.05) is 17.8 Å². The van der Waals surface area contributed by atoms with Gasteiger partial charge in [-0.05, 0) is 30.8 Å². The average molecular weight is 354 g/mol. The molecule has 2 atom stereocenters. The zero-order valence-corrected chi connectivity index (χ0v) is 15.0. The predicted molar refractivity (Wildman–Crippen MR) is 91.2 cm³/mol. The Morgan fingerprint density at radius 2 is 2.04 bits per heavy atom. The number of nitrogens with zero attached hydrogens (tertiary/aromatic N) is 4. The van der Waals surface area contributed by atoms with Crippen molar-refractivity contribution in [3.05, 3.63) is 10.6 Å². The first-order valence-corrected chi connectivity index (χ1v) is 9.58. The molecule has 0 unspecified atom stereocenters. The van der Waals surface area contributed by atoms with E-state index in [9.17, 15) is 9.90 Å². The lowest BCUT2D eigenvalue weighted by molar-refractivity contribution is -0.0222. The van der Waals surface area contributed by atoms with Gasteiger partial charge in [0, 0.05) is 32.2 Å². The van der Waals surface area contributed by atoms with Gasteiger partial charge in [-0.15, -0.1) is 5.10 Å². The molecule has 24 heavy (non-hydrogen) atoms. The molecule has 0 bridgehead atoms. The van der Waals surface area contributed by atoms with Crippen LogP contribution in [0.15, 0.2) is 0 Å². The molecule has 1 N–H and O–H groups in total. The van der Waals surface area contributed by atoms with E-state index < -0.39 is 6.10 Å². The van der Waals surface area contributed by atoms with Crippen LogP contribution in [0.4, 0.5) is 0 Å². The van der Waals surface area contributed by atoms with Gasteiger partial charge in [-0.3, -0.25) is 9.69 Å². The van der Waals surface area contributed by atoms with Gasteiger partial charge in [0.05, 0.1) is 25.0 Å². The summed E-state index contributed by atoms with van der Waals surface area (Å²) in [5.41, 5.74) is 0.807. The summed E-state index contributed by atoms with van der Waals surface area (Å²) in [4.78, 5) is 17.7. The van der Waals surface area contributed by atoms with Crippen LogP contribution in [0.1, 0.15) is 41.6 Å². The quantitative estimate of drug-likeness (QED) is 0.861. The summed E-state index contributed by atoms with van der Waals surface area (Å²) in [6.45, 7) is 6.48. The number of rotatable bonds is 4. The summed E-state index contributed by atoms with van der Waals surface area (Å²) in [5.74, 6) is 0.0169. The van der Waals surface area contributed by atoms with Crippen LogP contribution in [0, 0.1) is 0 Å². The van der Waals surface area contributed by atoms with E-state index in [1.54, 1.807) is 0 Å². The summed E-state index contributed by atoms with van der Waals surface area (Å²) in [6.07, 6.45) is 2.75. The lowest BCUT2D eigenvalue weighted by atomic mass is 10.0. The molecule has 3 heterocycles. The number of likely N-dealkylation sites (tertiary alicyclic amines) is 1. The van der Waals surface area contributed by atoms with Crippen molar-refractivity contribution in [3.8, 4) is 0 Å². The van der Waals surface area contributed by atoms with Crippen LogP contribution in [0.3, 0.4) is 0 Å². The molecule has 1 amide bonds. The maximum atomic E-state index is 12.8. The van der Waals surface area contributed by atoms with Crippen LogP contribution >= 0.6 is 11.5 Å². The van der Waals surface area contributed by atoms with Crippen LogP contribution in [0.2, 0.25) is 0 Å². The largest absolute Gasteiger partial charge is 0.391 e. The number of ether oxygens (including phenoxy) is 1. The lowest BCUT2D eigenvalue weighted by Gasteiger charge is -2.36. The third kappa shape index (κ3) is 3.93. The Hall–Kier alpha value is -1.09. The summed E-state index contributed by atoms with van der Waals surface area (Å²) >= 11 is 1.19. The van der Waals surface area contributed by atoms with E-state index in [2.05, 4.69) is 21.4 Å². The topological polar surface area (TPSA) is 78.8 Å². The highest BCUT2D eigenvalue weighted by Gasteiger charge is 2.33. The van der Waals surface area contributed by atoms with E-state index in [4.69, 9.17) is 4.74 Å². The van der Waals surface area contributed by atoms with Crippen molar-refractivity contribution in [3.63, 3.8) is 0 Å². The third-order valence-electron chi connectivity index (χ3n) is 4.87. The predicted octanol–water partition coefficient (Wildman–Crippen LogP) is 0.788. The molecule has 2 saturated heterocycles. The number of aliphatic hydroxyl groups excluding tert-OH is 1. The molecule has 2 fully saturated rings. The second-order valence-electron chi connectivity index (χ2n) is 6.45. The number of hydrogen-bond acceptors (Lipinski definition) is 7. The second-order valence-corrected chi connectivity index (χ2v) is 7.21. The fourth-order valence-corrected chi connectivity index (χ4v) is 4.20. The van der Waals surface area contributed by atoms with Crippen LogP contribution in [0.5, 0.6) is 0 Å². The first-order chi connectivity index (χ1) is 11.7. The van der Waals surface area contributed by atoms with Crippen LogP contribution in [0.25, 0.3) is 0 Å². The van der Waals surface area contributed by atoms with Crippen LogP contribution < -0.4 is 0 Å². The maximum Gasteiger partial charge on any atom is 0.267 e. The summed E-state index contributed by atoms with van der Waals surface area (Å²) in [7, 11) is 0. The van der Waals surface area contributed by atoms with Gasteiger partial charge in [0.25, 0.3) is 5.91 Å². The molecule has 2 aliphatic heterocycles. The highest BCUT2D eigenvalue weighted by molar-refractivity contribution is 7.08. The number of morpholine rings is 1. The Morgan fingerprint density at radius 1 is 1.29 bits per heavy atom. The number of aromatic nitrogens is 2. The van der Waals surface area contributed by atoms with E-state index in [0.29, 0.717) is 24.4 Å². The standard InChI is InChI=1S/C16H26N4O3S/c1-2-3-12-15(24-18-17-12)16(22)20-6-4-13(14(21)5-7-20)19-8-10-23-11-9-19/h13-14,21H,2-11H2,1H3/t13-,14-/m0/s1. The normalized spacial score (nSPS) is 26.3. The van der Waals surface area contributed by atoms with Crippen molar-refractivity contribution in [1.29, 1.82) is 0 Å². The first kappa shape index (κ1) is 17.7. The molecular formula is C16H26N4O3S. The molecule has 2 aliphatic rings. The molecule has 0 spiro atoms. The van der Waals surface area contributed by atoms with E-state index in [1.165, 1.54) is 11.5 Å². The van der Waals surface area contributed by atoms with E-state index in [-0.39, 0.29) is 11.9 Å². The maximum absolute atomic E-state index is 12.8. The monoisotopic (exact) mass is 354 g/mol. The Labute approximate surface area is 146 Å². The van der Waals surface area contributed by atoms with E-state index in [1.807, 2.05) is 4.90 Å². The number of aliphatic hydroxyl groups is 1. The number of hydrogen-bond donors (Lipinski definition) is 1. The zero-order valence-electron chi connectivity index (χ0n) is 14.2. The minimum Gasteiger partial charge on any atom is -0.391 e. The minimum absolute atomic E-state index is 0.0169. The molecule has 1 aromatic heterocycles. The van der Waals surface area contributed by atoms with Crippen molar-refractivity contribution in [2.75, 3.05) is 39.4 Å². The van der Waals surface area contributed by atoms with E-state index in [0.717, 1.165) is 51.3 Å². The highest BCUT2D eigenvalue weighted by Crippen LogP contribution is 2.22. The average Bonchev–Trinajstić information content (AvgIpc) is 2.97. The Morgan fingerprint density at radius 3 is 2.79 bits per heavy atom. The van der Waals surface area contributed by atoms with Crippen molar-refractivity contribution >= 4 is 17.4 Å². The molecule has 134 valence electrons. The molecule has 0 saturated carbocycles. The molecule has 8 heteroatoms. The summed E-state index contributed by atoms with van der Waals surface area (Å²) < 4.78 is 9.36. The molecule has 0 aromatic carbocycles. The minimum atomic E-state index is -0.393. The Kier molecular flexibility index (Phi) is 6.15. The van der Waals surface area contributed by atoms with Gasteiger partial charge in [-0.2, -0.15) is 0 Å². The number of amides is 1. The van der Waals surface area contributed by atoms with Gasteiger partial charge in [0.1, 0.15) is 4.88 Å². The van der Waals surface area contributed by atoms with Crippen molar-refractivity contribution in [1.82, 2.24) is 19.4 Å². The summed E-state index contributed by atoms with van der Waals surface area (Å²) in [6, 6.07) is 0.112. The SMILES string of the molecule is CCCc1nnsc1C(=O)N1CC[C@H](O)[C@@H](N2CCOCC2)CC1. The lowest BCUT2D eigenvalue weighted by Crippen LogP contribution is -2.49. The molecule has 3 rings (SSSR count). The Bertz CT molecular complexity index is 547. The highest BCUT2D eigenvalue weighted by atomic mass is 32.1. The smallest absolute Gasteiger partial charge is 0.267 e. The fraction of sp³-hybridized carbons (Fsp3) is 0.812. The van der Waals surface area contributed by atoms with Gasteiger partial charge < -0.3 is 14.7 Å². The van der Waals surface area contributed by atoms with Crippen molar-refractivity contribution in [2.24, 2.45) is 0 Å². The zero-order chi connectivity index (χ0) is 16.9. The Balaban J connectivity index is 1.65. The van der Waals surface area contributed by atoms with Crippen molar-refractivity contribution in [2.45, 2.75) is 44.8 Å². The molecular weight excluding hydrogens is 328 g/mol. The molecule has 0 radical (unpaired) electrons. The first-order valence-electron chi connectivity index (χ1n) is 8.81. The molecule has 1 aromatic rings. The molecule has 0 aliphatic carbocycles. The number of carbonyl (C=O) groups is 1. The third-order valence-corrected chi connectivity index (χ3v) is 5.63. The van der Waals surface area contributed by atoms with Crippen molar-refractivity contribution < 1.29 is 14.6 Å². The van der Waals surface area contributed by atoms with Gasteiger partial charge in [-0.25, -0.2) is 0 Å². The van der Waals surface area contributed by atoms with E-state index >= 15 is 0 Å². The fourth-order valence-electron chi connectivity index (χ4n) is 3.53. The van der Waals surface area contributed by atoms with Gasteiger partial charge >= 0.3 is 0 Å². The van der Waals surface area contributed by atoms with Crippen LogP contribution in [-0.4, -0.2) is 81.9 Å². The second kappa shape index (κ2) is 8.33. The number of aryl methyl sites for hydroxylation is 1.